The first-order valence-electron chi connectivity index (χ1n) is 11.9. The molecule has 3 aromatic carbocycles. The normalized spacial score (nSPS) is 12.6. The number of carbonyl (C=O) groups is 2. The molecule has 0 aromatic heterocycles. The molecular weight excluding hydrogens is 476 g/mol. The number of benzene rings is 3. The summed E-state index contributed by atoms with van der Waals surface area (Å²) in [7, 11) is 0. The average Bonchev–Trinajstić information content (AvgIpc) is 2.87. The van der Waals surface area contributed by atoms with Crippen LogP contribution in [0.5, 0.6) is 0 Å². The van der Waals surface area contributed by atoms with Crippen LogP contribution in [0, 0.1) is 6.92 Å². The highest BCUT2D eigenvalue weighted by Crippen LogP contribution is 2.24. The molecule has 1 N–H and O–H groups in total. The number of thioether (sulfide) groups is 1. The molecular formula is C29H33ClN2O2S. The van der Waals surface area contributed by atoms with Gasteiger partial charge in [0.2, 0.25) is 11.8 Å². The Labute approximate surface area is 218 Å². The van der Waals surface area contributed by atoms with Crippen molar-refractivity contribution in [3.8, 4) is 0 Å². The Morgan fingerprint density at radius 3 is 2.29 bits per heavy atom. The van der Waals surface area contributed by atoms with Crippen molar-refractivity contribution < 1.29 is 9.59 Å². The molecule has 6 heteroatoms. The molecule has 0 unspecified atom stereocenters. The van der Waals surface area contributed by atoms with Gasteiger partial charge in [0, 0.05) is 28.9 Å². The number of rotatable bonds is 11. The first-order valence-corrected chi connectivity index (χ1v) is 13.3. The molecule has 4 nitrogen and oxygen atoms in total. The molecule has 35 heavy (non-hydrogen) atoms. The van der Waals surface area contributed by atoms with E-state index in [2.05, 4.69) is 5.32 Å². The first kappa shape index (κ1) is 26.8. The Hall–Kier alpha value is -2.76. The van der Waals surface area contributed by atoms with E-state index in [1.54, 1.807) is 4.90 Å². The Morgan fingerprint density at radius 2 is 1.63 bits per heavy atom. The third kappa shape index (κ3) is 8.15. The Bertz CT molecular complexity index is 1110. The molecule has 184 valence electrons. The molecule has 2 atom stereocenters. The van der Waals surface area contributed by atoms with Crippen molar-refractivity contribution in [2.24, 2.45) is 0 Å². The predicted molar refractivity (Wildman–Crippen MR) is 146 cm³/mol. The van der Waals surface area contributed by atoms with Gasteiger partial charge >= 0.3 is 0 Å². The summed E-state index contributed by atoms with van der Waals surface area (Å²) in [6.45, 7) is 6.31. The lowest BCUT2D eigenvalue weighted by Gasteiger charge is -2.32. The highest BCUT2D eigenvalue weighted by Gasteiger charge is 2.31. The highest BCUT2D eigenvalue weighted by atomic mass is 35.5. The summed E-state index contributed by atoms with van der Waals surface area (Å²) in [5, 5.41) is 3.67. The van der Waals surface area contributed by atoms with Crippen LogP contribution in [0.1, 0.15) is 37.0 Å². The standard InChI is InChI=1S/C29H33ClN2O2S/c1-4-22(3)31-29(34)27(18-23-10-6-5-7-11-23)32(19-24-12-8-9-13-26(24)30)28(33)20-35-25-16-14-21(2)15-17-25/h5-17,22,27H,4,18-20H2,1-3H3,(H,31,34)/t22-,27+/m0/s1. The van der Waals surface area contributed by atoms with E-state index < -0.39 is 6.04 Å². The third-order valence-corrected chi connectivity index (χ3v) is 7.32. The van der Waals surface area contributed by atoms with Crippen LogP contribution in [-0.2, 0) is 22.6 Å². The van der Waals surface area contributed by atoms with Gasteiger partial charge < -0.3 is 10.2 Å². The van der Waals surface area contributed by atoms with Crippen molar-refractivity contribution >= 4 is 35.2 Å². The second-order valence-electron chi connectivity index (χ2n) is 8.74. The van der Waals surface area contributed by atoms with Crippen LogP contribution >= 0.6 is 23.4 Å². The molecule has 0 aliphatic heterocycles. The van der Waals surface area contributed by atoms with Crippen molar-refractivity contribution in [3.63, 3.8) is 0 Å². The maximum atomic E-state index is 13.7. The molecule has 2 amide bonds. The summed E-state index contributed by atoms with van der Waals surface area (Å²) in [6, 6.07) is 24.8. The van der Waals surface area contributed by atoms with Gasteiger partial charge in [0.1, 0.15) is 6.04 Å². The van der Waals surface area contributed by atoms with Crippen LogP contribution in [0.2, 0.25) is 5.02 Å². The second-order valence-corrected chi connectivity index (χ2v) is 10.2. The zero-order valence-corrected chi connectivity index (χ0v) is 22.1. The molecule has 0 aliphatic carbocycles. The number of hydrogen-bond acceptors (Lipinski definition) is 3. The number of amides is 2. The fourth-order valence-corrected chi connectivity index (χ4v) is 4.65. The van der Waals surface area contributed by atoms with Crippen molar-refractivity contribution in [1.29, 1.82) is 0 Å². The van der Waals surface area contributed by atoms with Gasteiger partial charge in [0.25, 0.3) is 0 Å². The lowest BCUT2D eigenvalue weighted by atomic mass is 10.0. The van der Waals surface area contributed by atoms with E-state index in [1.165, 1.54) is 17.3 Å². The quantitative estimate of drug-likeness (QED) is 0.309. The van der Waals surface area contributed by atoms with Gasteiger partial charge in [-0.2, -0.15) is 0 Å². The van der Waals surface area contributed by atoms with E-state index in [1.807, 2.05) is 99.6 Å². The van der Waals surface area contributed by atoms with Crippen molar-refractivity contribution in [2.75, 3.05) is 5.75 Å². The maximum absolute atomic E-state index is 13.7. The molecule has 0 bridgehead atoms. The first-order chi connectivity index (χ1) is 16.9. The topological polar surface area (TPSA) is 49.4 Å². The smallest absolute Gasteiger partial charge is 0.243 e. The summed E-state index contributed by atoms with van der Waals surface area (Å²) in [4.78, 5) is 29.9. The largest absolute Gasteiger partial charge is 0.352 e. The molecule has 0 fully saturated rings. The summed E-state index contributed by atoms with van der Waals surface area (Å²) in [5.74, 6) is -0.0187. The lowest BCUT2D eigenvalue weighted by molar-refractivity contribution is -0.139. The summed E-state index contributed by atoms with van der Waals surface area (Å²) >= 11 is 7.95. The monoisotopic (exact) mass is 508 g/mol. The third-order valence-electron chi connectivity index (χ3n) is 5.95. The number of hydrogen-bond donors (Lipinski definition) is 1. The molecule has 3 rings (SSSR count). The minimum Gasteiger partial charge on any atom is -0.352 e. The highest BCUT2D eigenvalue weighted by molar-refractivity contribution is 8.00. The van der Waals surface area contributed by atoms with Gasteiger partial charge in [-0.3, -0.25) is 9.59 Å². The fourth-order valence-electron chi connectivity index (χ4n) is 3.67. The molecule has 0 saturated carbocycles. The lowest BCUT2D eigenvalue weighted by Crippen LogP contribution is -2.52. The Kier molecular flexibility index (Phi) is 10.2. The van der Waals surface area contributed by atoms with Crippen LogP contribution < -0.4 is 5.32 Å². The second kappa shape index (κ2) is 13.4. The zero-order chi connectivity index (χ0) is 25.2. The number of aryl methyl sites for hydroxylation is 1. The summed E-state index contributed by atoms with van der Waals surface area (Å²) < 4.78 is 0. The van der Waals surface area contributed by atoms with E-state index in [9.17, 15) is 9.59 Å². The van der Waals surface area contributed by atoms with E-state index >= 15 is 0 Å². The van der Waals surface area contributed by atoms with E-state index in [4.69, 9.17) is 11.6 Å². The van der Waals surface area contributed by atoms with E-state index in [0.29, 0.717) is 11.4 Å². The van der Waals surface area contributed by atoms with Crippen molar-refractivity contribution in [2.45, 2.75) is 57.1 Å². The molecule has 3 aromatic rings. The van der Waals surface area contributed by atoms with Crippen LogP contribution in [0.4, 0.5) is 0 Å². The SMILES string of the molecule is CC[C@H](C)NC(=O)[C@@H](Cc1ccccc1)N(Cc1ccccc1Cl)C(=O)CSc1ccc(C)cc1. The minimum absolute atomic E-state index is 0.0139. The number of nitrogens with zero attached hydrogens (tertiary/aromatic N) is 1. The van der Waals surface area contributed by atoms with E-state index in [-0.39, 0.29) is 30.2 Å². The van der Waals surface area contributed by atoms with E-state index in [0.717, 1.165) is 22.4 Å². The Morgan fingerprint density at radius 1 is 0.971 bits per heavy atom. The van der Waals surface area contributed by atoms with Crippen LogP contribution in [-0.4, -0.2) is 34.6 Å². The predicted octanol–water partition coefficient (Wildman–Crippen LogP) is 6.30. The van der Waals surface area contributed by atoms with Crippen LogP contribution in [0.3, 0.4) is 0 Å². The number of halogens is 1. The van der Waals surface area contributed by atoms with Crippen molar-refractivity contribution in [3.05, 3.63) is 101 Å². The van der Waals surface area contributed by atoms with Crippen LogP contribution in [0.25, 0.3) is 0 Å². The van der Waals surface area contributed by atoms with Gasteiger partial charge in [0.15, 0.2) is 0 Å². The fraction of sp³-hybridized carbons (Fsp3) is 0.310. The number of nitrogens with one attached hydrogen (secondary N) is 1. The van der Waals surface area contributed by atoms with Gasteiger partial charge in [-0.1, -0.05) is 84.8 Å². The van der Waals surface area contributed by atoms with Gasteiger partial charge in [0.05, 0.1) is 5.75 Å². The molecule has 0 spiro atoms. The maximum Gasteiger partial charge on any atom is 0.243 e. The zero-order valence-electron chi connectivity index (χ0n) is 20.5. The molecule has 0 heterocycles. The van der Waals surface area contributed by atoms with Crippen LogP contribution in [0.15, 0.2) is 83.8 Å². The molecule has 0 radical (unpaired) electrons. The van der Waals surface area contributed by atoms with Gasteiger partial charge in [-0.05, 0) is 49.6 Å². The minimum atomic E-state index is -0.659. The summed E-state index contributed by atoms with van der Waals surface area (Å²) in [6.07, 6.45) is 1.24. The van der Waals surface area contributed by atoms with Gasteiger partial charge in [-0.15, -0.1) is 11.8 Å². The van der Waals surface area contributed by atoms with Gasteiger partial charge in [-0.25, -0.2) is 0 Å². The van der Waals surface area contributed by atoms with Crippen molar-refractivity contribution in [1.82, 2.24) is 10.2 Å². The summed E-state index contributed by atoms with van der Waals surface area (Å²) in [5.41, 5.74) is 2.99. The Balaban J connectivity index is 1.91. The number of carbonyl (C=O) groups excluding carboxylic acids is 2. The molecule has 0 saturated heterocycles. The average molecular weight is 509 g/mol. The molecule has 0 aliphatic rings.